The maximum absolute atomic E-state index is 13.2. The number of rotatable bonds is 8. The molecule has 0 radical (unpaired) electrons. The molecule has 152 valence electrons. The van der Waals surface area contributed by atoms with Crippen LogP contribution in [-0.4, -0.2) is 28.0 Å². The SMILES string of the molecule is COc1ccccc1N(CC(=O)NCc1ccc(C)cc1)S(=O)(=O)c1cccs1. The molecule has 1 amide bonds. The van der Waals surface area contributed by atoms with Gasteiger partial charge in [0, 0.05) is 6.54 Å². The van der Waals surface area contributed by atoms with Crippen molar-refractivity contribution in [1.82, 2.24) is 5.32 Å². The number of anilines is 1. The van der Waals surface area contributed by atoms with Crippen LogP contribution in [0, 0.1) is 6.92 Å². The summed E-state index contributed by atoms with van der Waals surface area (Å²) in [6, 6.07) is 17.7. The normalized spacial score (nSPS) is 11.1. The number of amides is 1. The molecule has 0 aliphatic heterocycles. The zero-order valence-corrected chi connectivity index (χ0v) is 17.8. The lowest BCUT2D eigenvalue weighted by molar-refractivity contribution is -0.119. The number of benzene rings is 2. The largest absolute Gasteiger partial charge is 0.495 e. The number of thiophene rings is 1. The van der Waals surface area contributed by atoms with Gasteiger partial charge in [-0.25, -0.2) is 8.42 Å². The summed E-state index contributed by atoms with van der Waals surface area (Å²) in [5, 5.41) is 4.48. The number of methoxy groups -OCH3 is 1. The van der Waals surface area contributed by atoms with Crippen molar-refractivity contribution in [2.24, 2.45) is 0 Å². The molecule has 8 heteroatoms. The molecule has 0 atom stereocenters. The van der Waals surface area contributed by atoms with Gasteiger partial charge in [0.1, 0.15) is 16.5 Å². The number of para-hydroxylation sites is 2. The Morgan fingerprint density at radius 3 is 2.45 bits per heavy atom. The Hall–Kier alpha value is -2.84. The fourth-order valence-electron chi connectivity index (χ4n) is 2.75. The number of carbonyl (C=O) groups is 1. The number of ether oxygens (including phenoxy) is 1. The Morgan fingerprint density at radius 1 is 1.07 bits per heavy atom. The summed E-state index contributed by atoms with van der Waals surface area (Å²) in [6.45, 7) is 1.95. The van der Waals surface area contributed by atoms with Gasteiger partial charge >= 0.3 is 0 Å². The van der Waals surface area contributed by atoms with Gasteiger partial charge in [-0.3, -0.25) is 9.10 Å². The van der Waals surface area contributed by atoms with E-state index in [2.05, 4.69) is 5.32 Å². The average molecular weight is 431 g/mol. The Labute approximate surface area is 174 Å². The van der Waals surface area contributed by atoms with Gasteiger partial charge in [-0.05, 0) is 36.1 Å². The van der Waals surface area contributed by atoms with Gasteiger partial charge in [-0.2, -0.15) is 0 Å². The van der Waals surface area contributed by atoms with E-state index < -0.39 is 15.9 Å². The topological polar surface area (TPSA) is 75.7 Å². The number of carbonyl (C=O) groups excluding carboxylic acids is 1. The molecule has 0 fully saturated rings. The van der Waals surface area contributed by atoms with Crippen LogP contribution in [0.4, 0.5) is 5.69 Å². The lowest BCUT2D eigenvalue weighted by atomic mass is 10.1. The second-order valence-corrected chi connectivity index (χ2v) is 9.41. The molecule has 0 spiro atoms. The second kappa shape index (κ2) is 9.11. The molecule has 0 saturated carbocycles. The standard InChI is InChI=1S/C21H22N2O4S2/c1-16-9-11-17(12-10-16)14-22-20(24)15-23(18-6-3-4-7-19(18)27-2)29(25,26)21-8-5-13-28-21/h3-13H,14-15H2,1-2H3,(H,22,24). The third-order valence-electron chi connectivity index (χ3n) is 4.29. The highest BCUT2D eigenvalue weighted by Gasteiger charge is 2.30. The summed E-state index contributed by atoms with van der Waals surface area (Å²) in [4.78, 5) is 12.6. The highest BCUT2D eigenvalue weighted by molar-refractivity contribution is 7.94. The monoisotopic (exact) mass is 430 g/mol. The minimum Gasteiger partial charge on any atom is -0.495 e. The van der Waals surface area contributed by atoms with E-state index in [0.717, 1.165) is 26.8 Å². The van der Waals surface area contributed by atoms with Gasteiger partial charge < -0.3 is 10.1 Å². The summed E-state index contributed by atoms with van der Waals surface area (Å²) in [6.07, 6.45) is 0. The number of sulfonamides is 1. The molecular formula is C21H22N2O4S2. The van der Waals surface area contributed by atoms with Crippen LogP contribution in [0.3, 0.4) is 0 Å². The highest BCUT2D eigenvalue weighted by atomic mass is 32.2. The van der Waals surface area contributed by atoms with Gasteiger partial charge in [0.25, 0.3) is 10.0 Å². The number of aryl methyl sites for hydroxylation is 1. The van der Waals surface area contributed by atoms with Gasteiger partial charge in [0.15, 0.2) is 0 Å². The van der Waals surface area contributed by atoms with E-state index in [1.54, 1.807) is 35.7 Å². The summed E-state index contributed by atoms with van der Waals surface area (Å²) < 4.78 is 33.0. The van der Waals surface area contributed by atoms with Crippen molar-refractivity contribution in [3.8, 4) is 5.75 Å². The molecule has 0 unspecified atom stereocenters. The smallest absolute Gasteiger partial charge is 0.274 e. The Morgan fingerprint density at radius 2 is 1.79 bits per heavy atom. The van der Waals surface area contributed by atoms with Crippen molar-refractivity contribution >= 4 is 33.0 Å². The van der Waals surface area contributed by atoms with Gasteiger partial charge in [0.05, 0.1) is 12.8 Å². The number of hydrogen-bond acceptors (Lipinski definition) is 5. The maximum atomic E-state index is 13.2. The van der Waals surface area contributed by atoms with E-state index >= 15 is 0 Å². The third kappa shape index (κ3) is 4.96. The van der Waals surface area contributed by atoms with Crippen LogP contribution in [0.5, 0.6) is 5.75 Å². The van der Waals surface area contributed by atoms with E-state index in [4.69, 9.17) is 4.74 Å². The molecular weight excluding hydrogens is 408 g/mol. The Bertz CT molecular complexity index is 1060. The van der Waals surface area contributed by atoms with E-state index in [1.165, 1.54) is 13.2 Å². The first-order valence-electron chi connectivity index (χ1n) is 8.93. The summed E-state index contributed by atoms with van der Waals surface area (Å²) in [5.41, 5.74) is 2.38. The molecule has 0 aliphatic carbocycles. The molecule has 1 N–H and O–H groups in total. The van der Waals surface area contributed by atoms with Crippen molar-refractivity contribution in [3.63, 3.8) is 0 Å². The number of nitrogens with one attached hydrogen (secondary N) is 1. The van der Waals surface area contributed by atoms with Crippen LogP contribution < -0.4 is 14.4 Å². The molecule has 29 heavy (non-hydrogen) atoms. The van der Waals surface area contributed by atoms with E-state index in [1.807, 2.05) is 31.2 Å². The number of hydrogen-bond donors (Lipinski definition) is 1. The molecule has 3 rings (SSSR count). The van der Waals surface area contributed by atoms with Crippen molar-refractivity contribution in [1.29, 1.82) is 0 Å². The summed E-state index contributed by atoms with van der Waals surface area (Å²) in [5.74, 6) is -0.0319. The zero-order chi connectivity index (χ0) is 20.9. The zero-order valence-electron chi connectivity index (χ0n) is 16.2. The molecule has 0 aliphatic rings. The van der Waals surface area contributed by atoms with E-state index in [9.17, 15) is 13.2 Å². The minimum atomic E-state index is -3.92. The second-order valence-electron chi connectivity index (χ2n) is 6.38. The van der Waals surface area contributed by atoms with Gasteiger partial charge in [-0.15, -0.1) is 11.3 Å². The fraction of sp³-hybridized carbons (Fsp3) is 0.190. The molecule has 1 heterocycles. The van der Waals surface area contributed by atoms with Gasteiger partial charge in [0.2, 0.25) is 5.91 Å². The average Bonchev–Trinajstić information content (AvgIpc) is 3.27. The lowest BCUT2D eigenvalue weighted by Gasteiger charge is -2.25. The first kappa shape index (κ1) is 20.9. The van der Waals surface area contributed by atoms with Crippen LogP contribution in [-0.2, 0) is 21.4 Å². The lowest BCUT2D eigenvalue weighted by Crippen LogP contribution is -2.40. The molecule has 6 nitrogen and oxygen atoms in total. The summed E-state index contributed by atoms with van der Waals surface area (Å²) >= 11 is 1.10. The van der Waals surface area contributed by atoms with Crippen LogP contribution in [0.15, 0.2) is 70.3 Å². The van der Waals surface area contributed by atoms with Crippen molar-refractivity contribution < 1.29 is 17.9 Å². The molecule has 1 aromatic heterocycles. The fourth-order valence-corrected chi connectivity index (χ4v) is 5.28. The molecule has 2 aromatic carbocycles. The quantitative estimate of drug-likeness (QED) is 0.593. The van der Waals surface area contributed by atoms with Gasteiger partial charge in [-0.1, -0.05) is 48.0 Å². The maximum Gasteiger partial charge on any atom is 0.274 e. The first-order valence-corrected chi connectivity index (χ1v) is 11.3. The molecule has 3 aromatic rings. The predicted molar refractivity (Wildman–Crippen MR) is 115 cm³/mol. The van der Waals surface area contributed by atoms with Crippen molar-refractivity contribution in [2.45, 2.75) is 17.7 Å². The van der Waals surface area contributed by atoms with Crippen molar-refractivity contribution in [2.75, 3.05) is 18.0 Å². The van der Waals surface area contributed by atoms with Crippen LogP contribution in [0.2, 0.25) is 0 Å². The summed E-state index contributed by atoms with van der Waals surface area (Å²) in [7, 11) is -2.45. The first-order chi connectivity index (χ1) is 13.9. The Balaban J connectivity index is 1.85. The molecule has 0 bridgehead atoms. The van der Waals surface area contributed by atoms with Crippen LogP contribution in [0.25, 0.3) is 0 Å². The van der Waals surface area contributed by atoms with E-state index in [-0.39, 0.29) is 10.8 Å². The van der Waals surface area contributed by atoms with Crippen LogP contribution in [0.1, 0.15) is 11.1 Å². The minimum absolute atomic E-state index is 0.162. The Kier molecular flexibility index (Phi) is 6.56. The van der Waals surface area contributed by atoms with E-state index in [0.29, 0.717) is 18.0 Å². The predicted octanol–water partition coefficient (Wildman–Crippen LogP) is 3.58. The number of nitrogens with zero attached hydrogens (tertiary/aromatic N) is 1. The van der Waals surface area contributed by atoms with Crippen molar-refractivity contribution in [3.05, 3.63) is 77.2 Å². The molecule has 0 saturated heterocycles. The van der Waals surface area contributed by atoms with Crippen LogP contribution >= 0.6 is 11.3 Å². The third-order valence-corrected chi connectivity index (χ3v) is 7.42. The highest BCUT2D eigenvalue weighted by Crippen LogP contribution is 2.33.